The highest BCUT2D eigenvalue weighted by atomic mass is 79.9. The van der Waals surface area contributed by atoms with Gasteiger partial charge in [-0.05, 0) is 42.8 Å². The number of carbonyl (C=O) groups excluding carboxylic acids is 1. The first kappa shape index (κ1) is 24.1. The predicted molar refractivity (Wildman–Crippen MR) is 126 cm³/mol. The Labute approximate surface area is 196 Å². The molecule has 3 rings (SSSR count). The number of rotatable bonds is 8. The van der Waals surface area contributed by atoms with Gasteiger partial charge >= 0.3 is 0 Å². The summed E-state index contributed by atoms with van der Waals surface area (Å²) in [7, 11) is -2.40. The van der Waals surface area contributed by atoms with E-state index in [0.29, 0.717) is 5.56 Å². The summed E-state index contributed by atoms with van der Waals surface area (Å²) in [5.74, 6) is -0.841. The van der Waals surface area contributed by atoms with E-state index in [1.165, 1.54) is 30.1 Å². The smallest absolute Gasteiger partial charge is 0.243 e. The predicted octanol–water partition coefficient (Wildman–Crippen LogP) is 4.75. The molecule has 0 unspecified atom stereocenters. The Morgan fingerprint density at radius 1 is 0.938 bits per heavy atom. The first-order valence-electron chi connectivity index (χ1n) is 9.95. The molecule has 0 saturated heterocycles. The summed E-state index contributed by atoms with van der Waals surface area (Å²) < 4.78 is 42.8. The van der Waals surface area contributed by atoms with Gasteiger partial charge in [-0.3, -0.25) is 4.79 Å². The third kappa shape index (κ3) is 6.03. The van der Waals surface area contributed by atoms with Crippen molar-refractivity contribution in [1.29, 1.82) is 0 Å². The van der Waals surface area contributed by atoms with Crippen molar-refractivity contribution < 1.29 is 17.6 Å². The fraction of sp³-hybridized carbons (Fsp3) is 0.208. The largest absolute Gasteiger partial charge is 0.340 e. The van der Waals surface area contributed by atoms with Crippen LogP contribution < -0.4 is 0 Å². The molecule has 0 radical (unpaired) electrons. The Morgan fingerprint density at radius 2 is 1.56 bits per heavy atom. The lowest BCUT2D eigenvalue weighted by molar-refractivity contribution is -0.130. The minimum atomic E-state index is -3.94. The van der Waals surface area contributed by atoms with Crippen LogP contribution in [-0.4, -0.2) is 37.1 Å². The van der Waals surface area contributed by atoms with Crippen molar-refractivity contribution in [2.75, 3.05) is 13.6 Å². The number of sulfonamides is 1. The van der Waals surface area contributed by atoms with Crippen molar-refractivity contribution in [2.24, 2.45) is 0 Å². The lowest BCUT2D eigenvalue weighted by Gasteiger charge is -2.25. The van der Waals surface area contributed by atoms with Crippen molar-refractivity contribution in [3.05, 3.63) is 99.8 Å². The normalized spacial score (nSPS) is 11.5. The summed E-state index contributed by atoms with van der Waals surface area (Å²) in [5, 5.41) is 0. The number of nitrogens with zero attached hydrogens (tertiary/aromatic N) is 2. The molecule has 0 aromatic heterocycles. The molecule has 0 N–H and O–H groups in total. The van der Waals surface area contributed by atoms with Crippen LogP contribution in [0.4, 0.5) is 4.39 Å². The highest BCUT2D eigenvalue weighted by molar-refractivity contribution is 9.10. The summed E-state index contributed by atoms with van der Waals surface area (Å²) in [4.78, 5) is 14.4. The summed E-state index contributed by atoms with van der Waals surface area (Å²) in [6, 6.07) is 19.9. The van der Waals surface area contributed by atoms with Crippen molar-refractivity contribution in [2.45, 2.75) is 24.9 Å². The zero-order chi connectivity index (χ0) is 23.3. The van der Waals surface area contributed by atoms with Gasteiger partial charge in [0.15, 0.2) is 0 Å². The van der Waals surface area contributed by atoms with Crippen LogP contribution in [0, 0.1) is 12.7 Å². The average Bonchev–Trinajstić information content (AvgIpc) is 2.76. The zero-order valence-electron chi connectivity index (χ0n) is 17.8. The fourth-order valence-corrected chi connectivity index (χ4v) is 4.76. The lowest BCUT2D eigenvalue weighted by Crippen LogP contribution is -2.41. The van der Waals surface area contributed by atoms with Gasteiger partial charge in [0.2, 0.25) is 15.9 Å². The van der Waals surface area contributed by atoms with Gasteiger partial charge in [-0.2, -0.15) is 4.31 Å². The van der Waals surface area contributed by atoms with Crippen molar-refractivity contribution in [3.63, 3.8) is 0 Å². The molecule has 0 aliphatic carbocycles. The minimum Gasteiger partial charge on any atom is -0.340 e. The van der Waals surface area contributed by atoms with E-state index < -0.39 is 21.7 Å². The van der Waals surface area contributed by atoms with Crippen LogP contribution >= 0.6 is 15.9 Å². The van der Waals surface area contributed by atoms with E-state index in [-0.39, 0.29) is 24.5 Å². The Hall–Kier alpha value is -2.55. The third-order valence-electron chi connectivity index (χ3n) is 5.03. The molecule has 5 nitrogen and oxygen atoms in total. The summed E-state index contributed by atoms with van der Waals surface area (Å²) >= 11 is 3.37. The van der Waals surface area contributed by atoms with Crippen LogP contribution in [0.1, 0.15) is 16.7 Å². The van der Waals surface area contributed by atoms with E-state index in [9.17, 15) is 17.6 Å². The van der Waals surface area contributed by atoms with Crippen LogP contribution in [0.3, 0.4) is 0 Å². The van der Waals surface area contributed by atoms with Crippen LogP contribution in [-0.2, 0) is 27.9 Å². The first-order chi connectivity index (χ1) is 15.2. The summed E-state index contributed by atoms with van der Waals surface area (Å²) in [6.07, 6.45) is 0. The Balaban J connectivity index is 1.86. The number of aryl methyl sites for hydroxylation is 1. The first-order valence-corrected chi connectivity index (χ1v) is 12.2. The van der Waals surface area contributed by atoms with E-state index >= 15 is 0 Å². The quantitative estimate of drug-likeness (QED) is 0.432. The van der Waals surface area contributed by atoms with Gasteiger partial charge in [0.05, 0.1) is 11.4 Å². The molecule has 0 heterocycles. The molecule has 0 bridgehead atoms. The summed E-state index contributed by atoms with van der Waals surface area (Å²) in [6.45, 7) is 1.58. The van der Waals surface area contributed by atoms with Crippen LogP contribution in [0.15, 0.2) is 82.2 Å². The molecule has 3 aromatic rings. The lowest BCUT2D eigenvalue weighted by atomic mass is 10.2. The van der Waals surface area contributed by atoms with Gasteiger partial charge in [-0.1, -0.05) is 64.0 Å². The number of amides is 1. The Morgan fingerprint density at radius 3 is 2.19 bits per heavy atom. The second kappa shape index (κ2) is 10.4. The monoisotopic (exact) mass is 518 g/mol. The molecule has 8 heteroatoms. The van der Waals surface area contributed by atoms with Gasteiger partial charge in [0.1, 0.15) is 5.82 Å². The maximum Gasteiger partial charge on any atom is 0.243 e. The topological polar surface area (TPSA) is 57.7 Å². The van der Waals surface area contributed by atoms with Gasteiger partial charge < -0.3 is 4.90 Å². The van der Waals surface area contributed by atoms with E-state index in [4.69, 9.17) is 0 Å². The standard InChI is InChI=1S/C24H24BrFN2O3S/c1-18-7-13-22(14-8-18)32(30,31)28(15-19-9-11-21(25)12-10-19)17-24(29)27(2)16-20-5-3-4-6-23(20)26/h3-14H,15-17H2,1-2H3. The number of hydrogen-bond acceptors (Lipinski definition) is 3. The third-order valence-corrected chi connectivity index (χ3v) is 7.37. The molecular weight excluding hydrogens is 495 g/mol. The molecule has 32 heavy (non-hydrogen) atoms. The molecule has 1 amide bonds. The van der Waals surface area contributed by atoms with Gasteiger partial charge in [-0.15, -0.1) is 0 Å². The molecule has 0 atom stereocenters. The second-order valence-corrected chi connectivity index (χ2v) is 10.4. The van der Waals surface area contributed by atoms with Crippen molar-refractivity contribution >= 4 is 31.9 Å². The highest BCUT2D eigenvalue weighted by Crippen LogP contribution is 2.21. The number of likely N-dealkylation sites (N-methyl/N-ethyl adjacent to an activating group) is 1. The van der Waals surface area contributed by atoms with Gasteiger partial charge in [0.25, 0.3) is 0 Å². The number of halogens is 2. The molecule has 3 aromatic carbocycles. The minimum absolute atomic E-state index is 0.0305. The van der Waals surface area contributed by atoms with Crippen molar-refractivity contribution in [3.8, 4) is 0 Å². The van der Waals surface area contributed by atoms with Crippen LogP contribution in [0.25, 0.3) is 0 Å². The zero-order valence-corrected chi connectivity index (χ0v) is 20.2. The van der Waals surface area contributed by atoms with E-state index in [1.807, 2.05) is 19.1 Å². The molecule has 0 fully saturated rings. The molecular formula is C24H24BrFN2O3S. The highest BCUT2D eigenvalue weighted by Gasteiger charge is 2.28. The molecule has 168 valence electrons. The SMILES string of the molecule is Cc1ccc(S(=O)(=O)N(CC(=O)N(C)Cc2ccccc2F)Cc2ccc(Br)cc2)cc1. The average molecular weight is 519 g/mol. The Bertz CT molecular complexity index is 1180. The molecule has 0 spiro atoms. The van der Waals surface area contributed by atoms with Gasteiger partial charge in [-0.25, -0.2) is 12.8 Å². The van der Waals surface area contributed by atoms with Crippen molar-refractivity contribution in [1.82, 2.24) is 9.21 Å². The maximum atomic E-state index is 14.0. The second-order valence-electron chi connectivity index (χ2n) is 7.55. The fourth-order valence-electron chi connectivity index (χ4n) is 3.12. The Kier molecular flexibility index (Phi) is 7.82. The molecule has 0 aliphatic heterocycles. The van der Waals surface area contributed by atoms with E-state index in [0.717, 1.165) is 19.9 Å². The van der Waals surface area contributed by atoms with Gasteiger partial charge in [0, 0.05) is 30.2 Å². The van der Waals surface area contributed by atoms with E-state index in [2.05, 4.69) is 15.9 Å². The number of benzene rings is 3. The molecule has 0 saturated carbocycles. The van der Waals surface area contributed by atoms with Crippen LogP contribution in [0.5, 0.6) is 0 Å². The van der Waals surface area contributed by atoms with Crippen LogP contribution in [0.2, 0.25) is 0 Å². The number of hydrogen-bond donors (Lipinski definition) is 0. The molecule has 0 aliphatic rings. The number of carbonyl (C=O) groups is 1. The van der Waals surface area contributed by atoms with E-state index in [1.54, 1.807) is 42.5 Å². The maximum absolute atomic E-state index is 14.0. The summed E-state index contributed by atoms with van der Waals surface area (Å²) in [5.41, 5.74) is 2.04.